The first-order valence-corrected chi connectivity index (χ1v) is 9.83. The molecule has 0 rings (SSSR count). The van der Waals surface area contributed by atoms with Gasteiger partial charge in [0.25, 0.3) is 0 Å². The first kappa shape index (κ1) is 22.1. The number of carboxylic acids is 1. The lowest BCUT2D eigenvalue weighted by molar-refractivity contribution is -0.137. The highest BCUT2D eigenvalue weighted by Crippen LogP contribution is 2.33. The number of carboxylic acid groups (broad SMARTS) is 1. The molecule has 132 valence electrons. The molecule has 0 radical (unpaired) electrons. The maximum absolute atomic E-state index is 10.4. The third kappa shape index (κ3) is 16.4. The van der Waals surface area contributed by atoms with Gasteiger partial charge >= 0.3 is 5.97 Å². The third-order valence-corrected chi connectivity index (χ3v) is 4.84. The van der Waals surface area contributed by atoms with Gasteiger partial charge in [0.2, 0.25) is 0 Å². The number of hydrogen-bond acceptors (Lipinski definition) is 1. The van der Waals surface area contributed by atoms with Crippen LogP contribution in [0.2, 0.25) is 0 Å². The Labute approximate surface area is 147 Å². The molecule has 0 aromatic heterocycles. The van der Waals surface area contributed by atoms with Crippen molar-refractivity contribution in [2.24, 2.45) is 0 Å². The van der Waals surface area contributed by atoms with Gasteiger partial charge in [0.15, 0.2) is 0 Å². The fourth-order valence-corrected chi connectivity index (χ4v) is 3.19. The Balaban J connectivity index is 3.38. The molecule has 1 N–H and O–H groups in total. The van der Waals surface area contributed by atoms with E-state index in [1.54, 1.807) is 0 Å². The van der Waals surface area contributed by atoms with Crippen LogP contribution in [0.1, 0.15) is 103 Å². The number of rotatable bonds is 16. The summed E-state index contributed by atoms with van der Waals surface area (Å²) in [5, 5.41) is 8.55. The molecule has 22 heavy (non-hydrogen) atoms. The van der Waals surface area contributed by atoms with Gasteiger partial charge in [0.05, 0.1) is 0 Å². The van der Waals surface area contributed by atoms with Gasteiger partial charge in [-0.3, -0.25) is 4.79 Å². The second kappa shape index (κ2) is 14.6. The molecule has 2 nitrogen and oxygen atoms in total. The van der Waals surface area contributed by atoms with Crippen LogP contribution in [-0.2, 0) is 4.79 Å². The zero-order chi connectivity index (χ0) is 16.7. The SMILES string of the molecule is CCCCCCCCC(Cl)(Cl)CCCCCCCCC(=O)O. The quantitative estimate of drug-likeness (QED) is 0.237. The summed E-state index contributed by atoms with van der Waals surface area (Å²) in [5.74, 6) is -0.691. The molecule has 0 saturated carbocycles. The Kier molecular flexibility index (Phi) is 14.7. The van der Waals surface area contributed by atoms with E-state index in [0.717, 1.165) is 57.8 Å². The Morgan fingerprint density at radius 2 is 1.18 bits per heavy atom. The normalized spacial score (nSPS) is 11.8. The van der Waals surface area contributed by atoms with E-state index in [4.69, 9.17) is 28.3 Å². The third-order valence-electron chi connectivity index (χ3n) is 4.08. The van der Waals surface area contributed by atoms with Crippen LogP contribution in [0.3, 0.4) is 0 Å². The summed E-state index contributed by atoms with van der Waals surface area (Å²) in [7, 11) is 0. The minimum absolute atomic E-state index is 0.296. The Hall–Kier alpha value is 0.0500. The van der Waals surface area contributed by atoms with Crippen molar-refractivity contribution in [1.29, 1.82) is 0 Å². The maximum atomic E-state index is 10.4. The van der Waals surface area contributed by atoms with Gasteiger partial charge in [-0.15, -0.1) is 23.2 Å². The molecular formula is C18H34Cl2O2. The first-order valence-electron chi connectivity index (χ1n) is 9.07. The summed E-state index contributed by atoms with van der Waals surface area (Å²) in [6.07, 6.45) is 16.0. The number of halogens is 2. The fraction of sp³-hybridized carbons (Fsp3) is 0.944. The van der Waals surface area contributed by atoms with E-state index in [1.807, 2.05) is 0 Å². The second-order valence-corrected chi connectivity index (χ2v) is 8.03. The predicted octanol–water partition coefficient (Wildman–Crippen LogP) is 7.12. The van der Waals surface area contributed by atoms with E-state index in [2.05, 4.69) is 6.92 Å². The molecule has 4 heteroatoms. The van der Waals surface area contributed by atoms with E-state index in [-0.39, 0.29) is 0 Å². The van der Waals surface area contributed by atoms with Gasteiger partial charge in [0, 0.05) is 6.42 Å². The lowest BCUT2D eigenvalue weighted by Crippen LogP contribution is -2.12. The molecule has 0 aliphatic rings. The molecule has 0 aromatic rings. The summed E-state index contributed by atoms with van der Waals surface area (Å²) < 4.78 is -0.548. The zero-order valence-electron chi connectivity index (χ0n) is 14.2. The molecule has 0 spiro atoms. The van der Waals surface area contributed by atoms with Crippen LogP contribution in [0.4, 0.5) is 0 Å². The highest BCUT2D eigenvalue weighted by molar-refractivity contribution is 6.48. The molecule has 0 atom stereocenters. The molecule has 0 aromatic carbocycles. The van der Waals surface area contributed by atoms with Gasteiger partial charge in [-0.25, -0.2) is 0 Å². The van der Waals surface area contributed by atoms with Crippen molar-refractivity contribution in [2.45, 2.75) is 108 Å². The van der Waals surface area contributed by atoms with Crippen molar-refractivity contribution < 1.29 is 9.90 Å². The molecule has 0 saturated heterocycles. The molecule has 0 aliphatic carbocycles. The summed E-state index contributed by atoms with van der Waals surface area (Å²) in [4.78, 5) is 10.4. The zero-order valence-corrected chi connectivity index (χ0v) is 15.7. The van der Waals surface area contributed by atoms with Crippen LogP contribution in [0.15, 0.2) is 0 Å². The van der Waals surface area contributed by atoms with Gasteiger partial charge in [0.1, 0.15) is 4.33 Å². The second-order valence-electron chi connectivity index (χ2n) is 6.39. The van der Waals surface area contributed by atoms with Crippen molar-refractivity contribution in [3.63, 3.8) is 0 Å². The average molecular weight is 353 g/mol. The largest absolute Gasteiger partial charge is 0.481 e. The highest BCUT2D eigenvalue weighted by atomic mass is 35.5. The van der Waals surface area contributed by atoms with Crippen molar-refractivity contribution >= 4 is 29.2 Å². The van der Waals surface area contributed by atoms with Crippen LogP contribution in [0.5, 0.6) is 0 Å². The van der Waals surface area contributed by atoms with Gasteiger partial charge in [-0.05, 0) is 19.3 Å². The number of hydrogen-bond donors (Lipinski definition) is 1. The lowest BCUT2D eigenvalue weighted by Gasteiger charge is -2.19. The van der Waals surface area contributed by atoms with Crippen LogP contribution in [-0.4, -0.2) is 15.4 Å². The minimum atomic E-state index is -0.691. The molecular weight excluding hydrogens is 319 g/mol. The summed E-state index contributed by atoms with van der Waals surface area (Å²) in [6, 6.07) is 0. The summed E-state index contributed by atoms with van der Waals surface area (Å²) >= 11 is 12.7. The van der Waals surface area contributed by atoms with Crippen molar-refractivity contribution in [1.82, 2.24) is 0 Å². The Morgan fingerprint density at radius 3 is 1.64 bits per heavy atom. The van der Waals surface area contributed by atoms with E-state index in [1.165, 1.54) is 32.1 Å². The van der Waals surface area contributed by atoms with Crippen molar-refractivity contribution in [3.05, 3.63) is 0 Å². The highest BCUT2D eigenvalue weighted by Gasteiger charge is 2.22. The molecule has 0 amide bonds. The molecule has 0 fully saturated rings. The summed E-state index contributed by atoms with van der Waals surface area (Å²) in [6.45, 7) is 2.23. The van der Waals surface area contributed by atoms with Gasteiger partial charge in [-0.1, -0.05) is 77.6 Å². The van der Waals surface area contributed by atoms with Crippen molar-refractivity contribution in [2.75, 3.05) is 0 Å². The summed E-state index contributed by atoms with van der Waals surface area (Å²) in [5.41, 5.74) is 0. The molecule has 0 heterocycles. The monoisotopic (exact) mass is 352 g/mol. The minimum Gasteiger partial charge on any atom is -0.481 e. The smallest absolute Gasteiger partial charge is 0.303 e. The van der Waals surface area contributed by atoms with Crippen LogP contribution < -0.4 is 0 Å². The maximum Gasteiger partial charge on any atom is 0.303 e. The van der Waals surface area contributed by atoms with Crippen LogP contribution >= 0.6 is 23.2 Å². The lowest BCUT2D eigenvalue weighted by atomic mass is 10.0. The number of aliphatic carboxylic acids is 1. The number of unbranched alkanes of at least 4 members (excludes halogenated alkanes) is 10. The Morgan fingerprint density at radius 1 is 0.773 bits per heavy atom. The van der Waals surface area contributed by atoms with Crippen LogP contribution in [0.25, 0.3) is 0 Å². The van der Waals surface area contributed by atoms with Gasteiger partial charge < -0.3 is 5.11 Å². The molecule has 0 aliphatic heterocycles. The van der Waals surface area contributed by atoms with E-state index in [0.29, 0.717) is 6.42 Å². The first-order chi connectivity index (χ1) is 10.5. The van der Waals surface area contributed by atoms with E-state index in [9.17, 15) is 4.79 Å². The van der Waals surface area contributed by atoms with Crippen molar-refractivity contribution in [3.8, 4) is 0 Å². The van der Waals surface area contributed by atoms with E-state index >= 15 is 0 Å². The average Bonchev–Trinajstić information content (AvgIpc) is 2.45. The van der Waals surface area contributed by atoms with E-state index < -0.39 is 10.3 Å². The van der Waals surface area contributed by atoms with Gasteiger partial charge in [-0.2, -0.15) is 0 Å². The topological polar surface area (TPSA) is 37.3 Å². The Bertz CT molecular complexity index is 268. The molecule has 0 unspecified atom stereocenters. The fourth-order valence-electron chi connectivity index (χ4n) is 2.66. The number of carbonyl (C=O) groups is 1. The number of alkyl halides is 2. The molecule has 0 bridgehead atoms. The van der Waals surface area contributed by atoms with Crippen LogP contribution in [0, 0.1) is 0 Å². The standard InChI is InChI=1S/C18H34Cl2O2/c1-2-3-4-5-9-12-15-18(19,20)16-13-10-7-6-8-11-14-17(21)22/h2-16H2,1H3,(H,21,22). The predicted molar refractivity (Wildman–Crippen MR) is 97.0 cm³/mol.